The van der Waals surface area contributed by atoms with Crippen LogP contribution in [0.5, 0.6) is 0 Å². The molecule has 0 radical (unpaired) electrons. The molecule has 1 aliphatic heterocycles. The molecule has 1 atom stereocenters. The highest BCUT2D eigenvalue weighted by molar-refractivity contribution is 5.23. The first-order chi connectivity index (χ1) is 8.65. The summed E-state index contributed by atoms with van der Waals surface area (Å²) in [6, 6.07) is 5.16. The highest BCUT2D eigenvalue weighted by Crippen LogP contribution is 2.21. The molecule has 0 amide bonds. The summed E-state index contributed by atoms with van der Waals surface area (Å²) in [6.45, 7) is 4.49. The summed E-state index contributed by atoms with van der Waals surface area (Å²) in [6.07, 6.45) is 0.882. The van der Waals surface area contributed by atoms with E-state index in [1.54, 1.807) is 13.2 Å². The zero-order chi connectivity index (χ0) is 13.0. The number of rotatable bonds is 5. The number of nitrogens with one attached hydrogen (secondary N) is 1. The van der Waals surface area contributed by atoms with Gasteiger partial charge in [0.2, 0.25) is 0 Å². The van der Waals surface area contributed by atoms with Crippen LogP contribution in [0.2, 0.25) is 0 Å². The molecule has 1 heterocycles. The minimum atomic E-state index is -0.250. The van der Waals surface area contributed by atoms with E-state index in [1.165, 1.54) is 6.07 Å². The fourth-order valence-corrected chi connectivity index (χ4v) is 2.23. The monoisotopic (exact) mass is 253 g/mol. The Labute approximate surface area is 107 Å². The van der Waals surface area contributed by atoms with Crippen LogP contribution in [-0.2, 0) is 16.0 Å². The highest BCUT2D eigenvalue weighted by Gasteiger charge is 2.34. The molecule has 18 heavy (non-hydrogen) atoms. The molecule has 2 rings (SSSR count). The lowest BCUT2D eigenvalue weighted by Gasteiger charge is -2.26. The van der Waals surface area contributed by atoms with Gasteiger partial charge in [-0.2, -0.15) is 0 Å². The van der Waals surface area contributed by atoms with E-state index in [0.717, 1.165) is 18.6 Å². The standard InChI is InChI=1S/C14H20FNO2/c1-11-3-4-13(15)12(7-11)8-16-9-14(17-2)5-6-18-10-14/h3-4,7,16H,5-6,8-10H2,1-2H3. The lowest BCUT2D eigenvalue weighted by molar-refractivity contribution is -0.0159. The van der Waals surface area contributed by atoms with Crippen molar-refractivity contribution in [3.63, 3.8) is 0 Å². The summed E-state index contributed by atoms with van der Waals surface area (Å²) in [7, 11) is 1.70. The normalized spacial score (nSPS) is 23.5. The molecule has 1 N–H and O–H groups in total. The van der Waals surface area contributed by atoms with Gasteiger partial charge in [0, 0.05) is 38.8 Å². The predicted octanol–water partition coefficient (Wildman–Crippen LogP) is 2.03. The van der Waals surface area contributed by atoms with E-state index in [4.69, 9.17) is 9.47 Å². The van der Waals surface area contributed by atoms with Crippen molar-refractivity contribution in [2.75, 3.05) is 26.9 Å². The molecule has 0 aromatic heterocycles. The molecule has 100 valence electrons. The summed E-state index contributed by atoms with van der Waals surface area (Å²) in [5.74, 6) is -0.165. The maximum atomic E-state index is 13.6. The second kappa shape index (κ2) is 5.78. The molecule has 1 aromatic carbocycles. The van der Waals surface area contributed by atoms with Gasteiger partial charge in [0.1, 0.15) is 11.4 Å². The van der Waals surface area contributed by atoms with Gasteiger partial charge in [-0.3, -0.25) is 0 Å². The van der Waals surface area contributed by atoms with Gasteiger partial charge < -0.3 is 14.8 Å². The van der Waals surface area contributed by atoms with Crippen LogP contribution in [0.25, 0.3) is 0 Å². The van der Waals surface area contributed by atoms with Crippen LogP contribution in [-0.4, -0.2) is 32.5 Å². The number of benzene rings is 1. The molecule has 0 saturated carbocycles. The van der Waals surface area contributed by atoms with Crippen LogP contribution in [0.3, 0.4) is 0 Å². The summed E-state index contributed by atoms with van der Waals surface area (Å²) < 4.78 is 24.4. The minimum Gasteiger partial charge on any atom is -0.378 e. The summed E-state index contributed by atoms with van der Waals surface area (Å²) >= 11 is 0. The van der Waals surface area contributed by atoms with E-state index in [9.17, 15) is 4.39 Å². The largest absolute Gasteiger partial charge is 0.378 e. The molecule has 3 nitrogen and oxygen atoms in total. The lowest BCUT2D eigenvalue weighted by atomic mass is 10.0. The van der Waals surface area contributed by atoms with Gasteiger partial charge in [0.15, 0.2) is 0 Å². The topological polar surface area (TPSA) is 30.5 Å². The van der Waals surface area contributed by atoms with E-state index >= 15 is 0 Å². The predicted molar refractivity (Wildman–Crippen MR) is 68.0 cm³/mol. The molecule has 0 spiro atoms. The quantitative estimate of drug-likeness (QED) is 0.871. The van der Waals surface area contributed by atoms with E-state index in [1.807, 2.05) is 13.0 Å². The Balaban J connectivity index is 1.89. The van der Waals surface area contributed by atoms with Crippen LogP contribution < -0.4 is 5.32 Å². The second-order valence-electron chi connectivity index (χ2n) is 4.89. The molecule has 1 unspecified atom stereocenters. The van der Waals surface area contributed by atoms with Gasteiger partial charge >= 0.3 is 0 Å². The smallest absolute Gasteiger partial charge is 0.127 e. The third-order valence-corrected chi connectivity index (χ3v) is 3.46. The van der Waals surface area contributed by atoms with Crippen LogP contribution in [0.1, 0.15) is 17.5 Å². The van der Waals surface area contributed by atoms with Crippen LogP contribution >= 0.6 is 0 Å². The Kier molecular flexibility index (Phi) is 4.32. The molecular weight excluding hydrogens is 233 g/mol. The third-order valence-electron chi connectivity index (χ3n) is 3.46. The fraction of sp³-hybridized carbons (Fsp3) is 0.571. The van der Waals surface area contributed by atoms with Crippen molar-refractivity contribution >= 4 is 0 Å². The van der Waals surface area contributed by atoms with Crippen molar-refractivity contribution in [2.45, 2.75) is 25.5 Å². The molecule has 0 aliphatic carbocycles. The summed E-state index contributed by atoms with van der Waals surface area (Å²) in [4.78, 5) is 0. The van der Waals surface area contributed by atoms with Crippen LogP contribution in [0.4, 0.5) is 4.39 Å². The number of aryl methyl sites for hydroxylation is 1. The Hall–Kier alpha value is -0.970. The van der Waals surface area contributed by atoms with Crippen molar-refractivity contribution < 1.29 is 13.9 Å². The Bertz CT molecular complexity index is 403. The van der Waals surface area contributed by atoms with Crippen LogP contribution in [0, 0.1) is 12.7 Å². The molecule has 1 fully saturated rings. The number of hydrogen-bond donors (Lipinski definition) is 1. The van der Waals surface area contributed by atoms with Gasteiger partial charge in [-0.05, 0) is 13.0 Å². The van der Waals surface area contributed by atoms with E-state index < -0.39 is 0 Å². The molecule has 4 heteroatoms. The zero-order valence-corrected chi connectivity index (χ0v) is 11.0. The van der Waals surface area contributed by atoms with E-state index in [0.29, 0.717) is 25.3 Å². The van der Waals surface area contributed by atoms with Gasteiger partial charge in [-0.25, -0.2) is 4.39 Å². The van der Waals surface area contributed by atoms with Crippen molar-refractivity contribution in [3.05, 3.63) is 35.1 Å². The SMILES string of the molecule is COC1(CNCc2cc(C)ccc2F)CCOC1. The fourth-order valence-electron chi connectivity index (χ4n) is 2.23. The minimum absolute atomic E-state index is 0.165. The number of halogens is 1. The molecule has 1 aromatic rings. The maximum Gasteiger partial charge on any atom is 0.127 e. The van der Waals surface area contributed by atoms with Crippen LogP contribution in [0.15, 0.2) is 18.2 Å². The maximum absolute atomic E-state index is 13.6. The van der Waals surface area contributed by atoms with Gasteiger partial charge in [0.25, 0.3) is 0 Å². The Morgan fingerprint density at radius 2 is 2.33 bits per heavy atom. The van der Waals surface area contributed by atoms with Crippen molar-refractivity contribution in [3.8, 4) is 0 Å². The van der Waals surface area contributed by atoms with Gasteiger partial charge in [-0.15, -0.1) is 0 Å². The average molecular weight is 253 g/mol. The molecule has 0 bridgehead atoms. The first-order valence-electron chi connectivity index (χ1n) is 6.24. The highest BCUT2D eigenvalue weighted by atomic mass is 19.1. The summed E-state index contributed by atoms with van der Waals surface area (Å²) in [5.41, 5.74) is 1.51. The van der Waals surface area contributed by atoms with Crippen molar-refractivity contribution in [2.24, 2.45) is 0 Å². The first kappa shape index (κ1) is 13.5. The van der Waals surface area contributed by atoms with Gasteiger partial charge in [-0.1, -0.05) is 17.7 Å². The molecular formula is C14H20FNO2. The first-order valence-corrected chi connectivity index (χ1v) is 6.24. The number of ether oxygens (including phenoxy) is 2. The second-order valence-corrected chi connectivity index (χ2v) is 4.89. The third kappa shape index (κ3) is 3.07. The van der Waals surface area contributed by atoms with E-state index in [2.05, 4.69) is 5.32 Å². The number of methoxy groups -OCH3 is 1. The average Bonchev–Trinajstić information content (AvgIpc) is 2.83. The summed E-state index contributed by atoms with van der Waals surface area (Å²) in [5, 5.41) is 3.26. The molecule has 1 saturated heterocycles. The lowest BCUT2D eigenvalue weighted by Crippen LogP contribution is -2.42. The van der Waals surface area contributed by atoms with E-state index in [-0.39, 0.29) is 11.4 Å². The Morgan fingerprint density at radius 3 is 3.00 bits per heavy atom. The van der Waals surface area contributed by atoms with Crippen molar-refractivity contribution in [1.82, 2.24) is 5.32 Å². The molecule has 1 aliphatic rings. The zero-order valence-electron chi connectivity index (χ0n) is 11.0. The Morgan fingerprint density at radius 1 is 1.50 bits per heavy atom. The van der Waals surface area contributed by atoms with Gasteiger partial charge in [0.05, 0.1) is 6.61 Å². The number of hydrogen-bond acceptors (Lipinski definition) is 3. The van der Waals surface area contributed by atoms with Crippen molar-refractivity contribution in [1.29, 1.82) is 0 Å².